The number of nitrogens with zero attached hydrogens (tertiary/aromatic N) is 1. The van der Waals surface area contributed by atoms with Crippen molar-refractivity contribution in [2.75, 3.05) is 11.4 Å². The third-order valence-corrected chi connectivity index (χ3v) is 4.69. The summed E-state index contributed by atoms with van der Waals surface area (Å²) in [7, 11) is 0. The number of amides is 2. The van der Waals surface area contributed by atoms with Gasteiger partial charge in [-0.2, -0.15) is 0 Å². The minimum atomic E-state index is -0.610. The number of aryl methyl sites for hydroxylation is 1. The molecule has 0 saturated carbocycles. The fourth-order valence-electron chi connectivity index (χ4n) is 3.35. The maximum Gasteiger partial charge on any atom is 0.240 e. The molecule has 1 aromatic heterocycles. The summed E-state index contributed by atoms with van der Waals surface area (Å²) in [5.74, 6) is 0.616. The fourth-order valence-corrected chi connectivity index (χ4v) is 3.35. The van der Waals surface area contributed by atoms with Gasteiger partial charge in [0, 0.05) is 18.2 Å². The normalized spacial score (nSPS) is 16.6. The quantitative estimate of drug-likeness (QED) is 0.910. The number of carbonyl (C=O) groups excluding carboxylic acids is 2. The average molecular weight is 340 g/mol. The van der Waals surface area contributed by atoms with Gasteiger partial charge in [-0.25, -0.2) is 0 Å². The van der Waals surface area contributed by atoms with Gasteiger partial charge in [0.2, 0.25) is 11.8 Å². The van der Waals surface area contributed by atoms with Crippen molar-refractivity contribution < 1.29 is 14.0 Å². The van der Waals surface area contributed by atoms with Crippen LogP contribution in [0, 0.1) is 6.92 Å². The molecule has 0 spiro atoms. The number of carbonyl (C=O) groups is 2. The molecule has 132 valence electrons. The third-order valence-electron chi connectivity index (χ3n) is 4.69. The highest BCUT2D eigenvalue weighted by molar-refractivity contribution is 6.10. The molecule has 2 aromatic rings. The van der Waals surface area contributed by atoms with E-state index in [1.807, 2.05) is 58.0 Å². The molecule has 1 aliphatic heterocycles. The summed E-state index contributed by atoms with van der Waals surface area (Å²) in [4.78, 5) is 26.8. The molecule has 0 saturated heterocycles. The van der Waals surface area contributed by atoms with E-state index < -0.39 is 5.41 Å². The molecular formula is C20H24N2O3. The van der Waals surface area contributed by atoms with E-state index in [0.29, 0.717) is 6.42 Å². The van der Waals surface area contributed by atoms with Crippen molar-refractivity contribution in [1.82, 2.24) is 5.32 Å². The Morgan fingerprint density at radius 1 is 1.32 bits per heavy atom. The van der Waals surface area contributed by atoms with Gasteiger partial charge >= 0.3 is 0 Å². The number of fused-ring (bicyclic) bond motifs is 1. The highest BCUT2D eigenvalue weighted by Crippen LogP contribution is 2.41. The average Bonchev–Trinajstić information content (AvgIpc) is 3.09. The number of benzene rings is 1. The minimum absolute atomic E-state index is 0.0286. The molecule has 2 amide bonds. The summed E-state index contributed by atoms with van der Waals surface area (Å²) in [6.07, 6.45) is 2.24. The second-order valence-electron chi connectivity index (χ2n) is 7.29. The van der Waals surface area contributed by atoms with Crippen molar-refractivity contribution in [1.29, 1.82) is 0 Å². The van der Waals surface area contributed by atoms with E-state index in [-0.39, 0.29) is 24.4 Å². The van der Waals surface area contributed by atoms with Gasteiger partial charge in [0.15, 0.2) is 0 Å². The van der Waals surface area contributed by atoms with E-state index in [4.69, 9.17) is 4.42 Å². The van der Waals surface area contributed by atoms with Crippen molar-refractivity contribution in [3.05, 3.63) is 53.5 Å². The Bertz CT molecular complexity index is 793. The topological polar surface area (TPSA) is 62.6 Å². The van der Waals surface area contributed by atoms with Crippen LogP contribution in [0.1, 0.15) is 37.7 Å². The summed E-state index contributed by atoms with van der Waals surface area (Å²) in [6, 6.07) is 9.57. The van der Waals surface area contributed by atoms with Gasteiger partial charge in [0.1, 0.15) is 12.3 Å². The van der Waals surface area contributed by atoms with Crippen LogP contribution in [0.25, 0.3) is 0 Å². The van der Waals surface area contributed by atoms with E-state index in [1.54, 1.807) is 11.2 Å². The maximum absolute atomic E-state index is 12.8. The largest absolute Gasteiger partial charge is 0.469 e. The molecule has 5 nitrogen and oxygen atoms in total. The summed E-state index contributed by atoms with van der Waals surface area (Å²) < 4.78 is 5.31. The van der Waals surface area contributed by atoms with Crippen molar-refractivity contribution in [2.24, 2.45) is 0 Å². The first-order valence-electron chi connectivity index (χ1n) is 8.54. The van der Waals surface area contributed by atoms with Crippen LogP contribution in [-0.4, -0.2) is 24.4 Å². The number of hydrogen-bond acceptors (Lipinski definition) is 3. The Morgan fingerprint density at radius 2 is 2.08 bits per heavy atom. The SMILES string of the molecule is Cc1ccc2c(c1)C(C)(C)C(=O)N2CC(=O)N[C@@H](C)Cc1ccco1. The molecule has 25 heavy (non-hydrogen) atoms. The molecule has 5 heteroatoms. The lowest BCUT2D eigenvalue weighted by Gasteiger charge is -2.21. The highest BCUT2D eigenvalue weighted by Gasteiger charge is 2.44. The molecule has 3 rings (SSSR count). The molecule has 0 unspecified atom stereocenters. The van der Waals surface area contributed by atoms with E-state index in [9.17, 15) is 9.59 Å². The molecule has 1 aromatic carbocycles. The van der Waals surface area contributed by atoms with Gasteiger partial charge < -0.3 is 14.6 Å². The fraction of sp³-hybridized carbons (Fsp3) is 0.400. The summed E-state index contributed by atoms with van der Waals surface area (Å²) in [5.41, 5.74) is 2.31. The van der Waals surface area contributed by atoms with Crippen LogP contribution in [0.2, 0.25) is 0 Å². The van der Waals surface area contributed by atoms with Gasteiger partial charge in [-0.15, -0.1) is 0 Å². The smallest absolute Gasteiger partial charge is 0.240 e. The van der Waals surface area contributed by atoms with Crippen molar-refractivity contribution in [2.45, 2.75) is 45.6 Å². The zero-order chi connectivity index (χ0) is 18.2. The second kappa shape index (κ2) is 6.39. The summed E-state index contributed by atoms with van der Waals surface area (Å²) in [5, 5.41) is 2.94. The molecule has 1 atom stereocenters. The van der Waals surface area contributed by atoms with Crippen LogP contribution in [0.15, 0.2) is 41.0 Å². The standard InChI is InChI=1S/C20H24N2O3/c1-13-7-8-17-16(10-13)20(3,4)19(24)22(17)12-18(23)21-14(2)11-15-6-5-9-25-15/h5-10,14H,11-12H2,1-4H3,(H,21,23)/t14-/m0/s1. The van der Waals surface area contributed by atoms with E-state index in [1.165, 1.54) is 0 Å². The summed E-state index contributed by atoms with van der Waals surface area (Å²) in [6.45, 7) is 7.77. The van der Waals surface area contributed by atoms with Gasteiger partial charge in [-0.3, -0.25) is 9.59 Å². The van der Waals surface area contributed by atoms with Gasteiger partial charge in [-0.1, -0.05) is 17.7 Å². The van der Waals surface area contributed by atoms with Gasteiger partial charge in [0.25, 0.3) is 0 Å². The van der Waals surface area contributed by atoms with Crippen LogP contribution in [0.4, 0.5) is 5.69 Å². The molecule has 0 aliphatic carbocycles. The Kier molecular flexibility index (Phi) is 4.41. The Hall–Kier alpha value is -2.56. The first-order valence-corrected chi connectivity index (χ1v) is 8.54. The number of hydrogen-bond donors (Lipinski definition) is 1. The Morgan fingerprint density at radius 3 is 2.76 bits per heavy atom. The van der Waals surface area contributed by atoms with Crippen LogP contribution < -0.4 is 10.2 Å². The lowest BCUT2D eigenvalue weighted by atomic mass is 9.85. The lowest BCUT2D eigenvalue weighted by molar-refractivity contribution is -0.125. The number of rotatable bonds is 5. The van der Waals surface area contributed by atoms with Crippen LogP contribution in [0.5, 0.6) is 0 Å². The van der Waals surface area contributed by atoms with Crippen LogP contribution in [-0.2, 0) is 21.4 Å². The van der Waals surface area contributed by atoms with Gasteiger partial charge in [-0.05, 0) is 51.5 Å². The first-order chi connectivity index (χ1) is 11.8. The second-order valence-corrected chi connectivity index (χ2v) is 7.29. The lowest BCUT2D eigenvalue weighted by Crippen LogP contribution is -2.45. The van der Waals surface area contributed by atoms with Crippen LogP contribution >= 0.6 is 0 Å². The molecule has 2 heterocycles. The van der Waals surface area contributed by atoms with Gasteiger partial charge in [0.05, 0.1) is 11.7 Å². The van der Waals surface area contributed by atoms with Crippen LogP contribution in [0.3, 0.4) is 0 Å². The maximum atomic E-state index is 12.8. The molecule has 0 fully saturated rings. The van der Waals surface area contributed by atoms with E-state index in [0.717, 1.165) is 22.6 Å². The first kappa shape index (κ1) is 17.3. The number of furan rings is 1. The predicted octanol–water partition coefficient (Wildman–Crippen LogP) is 2.96. The molecule has 1 N–H and O–H groups in total. The number of anilines is 1. The highest BCUT2D eigenvalue weighted by atomic mass is 16.3. The van der Waals surface area contributed by atoms with Crippen molar-refractivity contribution in [3.63, 3.8) is 0 Å². The molecule has 0 radical (unpaired) electrons. The zero-order valence-corrected chi connectivity index (χ0v) is 15.1. The van der Waals surface area contributed by atoms with E-state index in [2.05, 4.69) is 5.32 Å². The molecule has 1 aliphatic rings. The summed E-state index contributed by atoms with van der Waals surface area (Å²) >= 11 is 0. The minimum Gasteiger partial charge on any atom is -0.469 e. The monoisotopic (exact) mass is 340 g/mol. The molecular weight excluding hydrogens is 316 g/mol. The zero-order valence-electron chi connectivity index (χ0n) is 15.1. The predicted molar refractivity (Wildman–Crippen MR) is 96.6 cm³/mol. The Labute approximate surface area is 148 Å². The third kappa shape index (κ3) is 3.31. The van der Waals surface area contributed by atoms with Crippen molar-refractivity contribution >= 4 is 17.5 Å². The molecule has 0 bridgehead atoms. The Balaban J connectivity index is 1.70. The van der Waals surface area contributed by atoms with Crippen molar-refractivity contribution in [3.8, 4) is 0 Å². The van der Waals surface area contributed by atoms with E-state index >= 15 is 0 Å². The number of nitrogens with one attached hydrogen (secondary N) is 1.